The molecule has 7 heteroatoms. The highest BCUT2D eigenvalue weighted by atomic mass is 32.2. The highest BCUT2D eigenvalue weighted by Gasteiger charge is 2.23. The minimum atomic E-state index is -4.12. The normalized spacial score (nSPS) is 11.7. The molecule has 2 aromatic carbocycles. The molecule has 2 aromatic rings. The van der Waals surface area contributed by atoms with Crippen molar-refractivity contribution in [2.75, 3.05) is 0 Å². The molecule has 0 heterocycles. The topological polar surface area (TPSA) is 63.7 Å². The van der Waals surface area contributed by atoms with Crippen molar-refractivity contribution >= 4 is 16.0 Å². The van der Waals surface area contributed by atoms with E-state index >= 15 is 0 Å². The van der Waals surface area contributed by atoms with E-state index in [1.807, 2.05) is 27.7 Å². The largest absolute Gasteiger partial charge is 0.379 e. The molecule has 0 aliphatic carbocycles. The van der Waals surface area contributed by atoms with Crippen molar-refractivity contribution in [3.63, 3.8) is 0 Å². The lowest BCUT2D eigenvalue weighted by molar-refractivity contribution is -0.136. The van der Waals surface area contributed by atoms with Gasteiger partial charge in [0.2, 0.25) is 5.91 Å². The summed E-state index contributed by atoms with van der Waals surface area (Å²) in [6.07, 6.45) is 0. The van der Waals surface area contributed by atoms with Crippen LogP contribution in [0.2, 0.25) is 0 Å². The van der Waals surface area contributed by atoms with Gasteiger partial charge in [-0.3, -0.25) is 4.79 Å². The molecule has 0 radical (unpaired) electrons. The molecule has 0 aromatic heterocycles. The third kappa shape index (κ3) is 5.29. The molecule has 5 nitrogen and oxygen atoms in total. The smallest absolute Gasteiger partial charge is 0.339 e. The highest BCUT2D eigenvalue weighted by molar-refractivity contribution is 7.87. The molecular weight excluding hydrogens is 369 g/mol. The lowest BCUT2D eigenvalue weighted by Crippen LogP contribution is -2.39. The Morgan fingerprint density at radius 1 is 1.04 bits per heavy atom. The molecule has 0 bridgehead atoms. The molecular formula is C20H24FNO4S. The van der Waals surface area contributed by atoms with Crippen molar-refractivity contribution in [3.8, 4) is 5.75 Å². The summed E-state index contributed by atoms with van der Waals surface area (Å²) < 4.78 is 43.3. The van der Waals surface area contributed by atoms with Gasteiger partial charge in [0.1, 0.15) is 16.5 Å². The summed E-state index contributed by atoms with van der Waals surface area (Å²) in [6.45, 7) is 7.67. The lowest BCUT2D eigenvalue weighted by atomic mass is 10.1. The van der Waals surface area contributed by atoms with Gasteiger partial charge in [-0.2, -0.15) is 8.42 Å². The number of amides is 1. The number of para-hydroxylation sites is 1. The van der Waals surface area contributed by atoms with Crippen LogP contribution in [0, 0.1) is 11.7 Å². The molecule has 0 unspecified atom stereocenters. The Hall–Kier alpha value is -2.41. The van der Waals surface area contributed by atoms with Gasteiger partial charge in [-0.05, 0) is 44.2 Å². The molecule has 0 spiro atoms. The van der Waals surface area contributed by atoms with E-state index in [1.165, 1.54) is 6.07 Å². The zero-order chi connectivity index (χ0) is 20.2. The number of nitrogens with zero attached hydrogens (tertiary/aromatic N) is 1. The number of hydrogen-bond donors (Lipinski definition) is 0. The fourth-order valence-corrected chi connectivity index (χ4v) is 3.48. The van der Waals surface area contributed by atoms with E-state index < -0.39 is 15.9 Å². The maximum atomic E-state index is 13.1. The van der Waals surface area contributed by atoms with Crippen molar-refractivity contribution < 1.29 is 21.8 Å². The van der Waals surface area contributed by atoms with E-state index in [2.05, 4.69) is 0 Å². The maximum absolute atomic E-state index is 13.1. The standard InChI is InChI=1S/C20H24FNO4S/c1-14(2)20(23)22(15(3)4)13-16-7-5-6-8-19(16)26-27(24,25)18-11-9-17(21)10-12-18/h5-12,14-15H,13H2,1-4H3. The van der Waals surface area contributed by atoms with E-state index in [-0.39, 0.29) is 35.1 Å². The first kappa shape index (κ1) is 20.9. The van der Waals surface area contributed by atoms with Gasteiger partial charge < -0.3 is 9.08 Å². The SMILES string of the molecule is CC(C)C(=O)N(Cc1ccccc1OS(=O)(=O)c1ccc(F)cc1)C(C)C. The van der Waals surface area contributed by atoms with Gasteiger partial charge in [0.25, 0.3) is 0 Å². The Kier molecular flexibility index (Phi) is 6.59. The molecule has 0 aliphatic heterocycles. The monoisotopic (exact) mass is 393 g/mol. The van der Waals surface area contributed by atoms with Gasteiger partial charge in [0.15, 0.2) is 0 Å². The van der Waals surface area contributed by atoms with Gasteiger partial charge in [-0.15, -0.1) is 0 Å². The van der Waals surface area contributed by atoms with E-state index in [9.17, 15) is 17.6 Å². The van der Waals surface area contributed by atoms with Crippen LogP contribution in [0.5, 0.6) is 5.75 Å². The molecule has 0 aliphatic rings. The quantitative estimate of drug-likeness (QED) is 0.668. The van der Waals surface area contributed by atoms with Crippen molar-refractivity contribution in [1.82, 2.24) is 4.90 Å². The number of carbonyl (C=O) groups excluding carboxylic acids is 1. The van der Waals surface area contributed by atoms with E-state index in [0.717, 1.165) is 24.3 Å². The second kappa shape index (κ2) is 8.52. The molecule has 0 saturated heterocycles. The van der Waals surface area contributed by atoms with E-state index in [1.54, 1.807) is 23.1 Å². The molecule has 0 fully saturated rings. The zero-order valence-corrected chi connectivity index (χ0v) is 16.7. The van der Waals surface area contributed by atoms with Gasteiger partial charge >= 0.3 is 10.1 Å². The minimum absolute atomic E-state index is 0.0267. The summed E-state index contributed by atoms with van der Waals surface area (Å²) in [5.41, 5.74) is 0.575. The van der Waals surface area contributed by atoms with E-state index in [4.69, 9.17) is 4.18 Å². The number of rotatable bonds is 7. The molecule has 0 atom stereocenters. The Bertz CT molecular complexity index is 892. The predicted octanol–water partition coefficient (Wildman–Crippen LogP) is 3.99. The van der Waals surface area contributed by atoms with Crippen LogP contribution in [0.4, 0.5) is 4.39 Å². The summed E-state index contributed by atoms with van der Waals surface area (Å²) in [4.78, 5) is 14.0. The minimum Gasteiger partial charge on any atom is -0.379 e. The fraction of sp³-hybridized carbons (Fsp3) is 0.350. The van der Waals surface area contributed by atoms with Crippen LogP contribution < -0.4 is 4.18 Å². The van der Waals surface area contributed by atoms with Crippen molar-refractivity contribution in [3.05, 3.63) is 59.9 Å². The van der Waals surface area contributed by atoms with E-state index in [0.29, 0.717) is 5.56 Å². The number of halogens is 1. The van der Waals surface area contributed by atoms with Crippen LogP contribution in [0.25, 0.3) is 0 Å². The Balaban J connectivity index is 2.32. The summed E-state index contributed by atoms with van der Waals surface area (Å²) >= 11 is 0. The average molecular weight is 393 g/mol. The third-order valence-electron chi connectivity index (χ3n) is 4.02. The second-order valence-electron chi connectivity index (χ2n) is 6.81. The van der Waals surface area contributed by atoms with Gasteiger partial charge in [0.05, 0.1) is 0 Å². The molecule has 146 valence electrons. The fourth-order valence-electron chi connectivity index (χ4n) is 2.51. The van der Waals surface area contributed by atoms with Crippen LogP contribution in [0.15, 0.2) is 53.4 Å². The van der Waals surface area contributed by atoms with Crippen molar-refractivity contribution in [2.24, 2.45) is 5.92 Å². The average Bonchev–Trinajstić information content (AvgIpc) is 2.60. The van der Waals surface area contributed by atoms with Gasteiger partial charge in [-0.25, -0.2) is 4.39 Å². The van der Waals surface area contributed by atoms with Crippen LogP contribution in [-0.4, -0.2) is 25.3 Å². The maximum Gasteiger partial charge on any atom is 0.339 e. The summed E-state index contributed by atoms with van der Waals surface area (Å²) in [7, 11) is -4.12. The summed E-state index contributed by atoms with van der Waals surface area (Å²) in [6, 6.07) is 11.0. The number of benzene rings is 2. The molecule has 1 amide bonds. The molecule has 2 rings (SSSR count). The van der Waals surface area contributed by atoms with Gasteiger partial charge in [0, 0.05) is 24.1 Å². The van der Waals surface area contributed by atoms with Gasteiger partial charge in [-0.1, -0.05) is 32.0 Å². The lowest BCUT2D eigenvalue weighted by Gasteiger charge is -2.29. The number of hydrogen-bond acceptors (Lipinski definition) is 4. The Morgan fingerprint density at radius 3 is 2.19 bits per heavy atom. The first-order valence-corrected chi connectivity index (χ1v) is 10.1. The molecule has 0 N–H and O–H groups in total. The van der Waals surface area contributed by atoms with Crippen molar-refractivity contribution in [1.29, 1.82) is 0 Å². The Morgan fingerprint density at radius 2 is 1.63 bits per heavy atom. The summed E-state index contributed by atoms with van der Waals surface area (Å²) in [5, 5.41) is 0. The number of carbonyl (C=O) groups is 1. The first-order chi connectivity index (χ1) is 12.6. The van der Waals surface area contributed by atoms with Crippen molar-refractivity contribution in [2.45, 2.75) is 45.2 Å². The van der Waals surface area contributed by atoms with Crippen LogP contribution in [0.1, 0.15) is 33.3 Å². The third-order valence-corrected chi connectivity index (χ3v) is 5.26. The van der Waals surface area contributed by atoms with Crippen LogP contribution >= 0.6 is 0 Å². The van der Waals surface area contributed by atoms with Crippen LogP contribution in [-0.2, 0) is 21.5 Å². The first-order valence-electron chi connectivity index (χ1n) is 8.70. The predicted molar refractivity (Wildman–Crippen MR) is 101 cm³/mol. The highest BCUT2D eigenvalue weighted by Crippen LogP contribution is 2.25. The molecule has 0 saturated carbocycles. The zero-order valence-electron chi connectivity index (χ0n) is 15.8. The second-order valence-corrected chi connectivity index (χ2v) is 8.36. The molecule has 27 heavy (non-hydrogen) atoms. The summed E-state index contributed by atoms with van der Waals surface area (Å²) in [5.74, 6) is -0.595. The van der Waals surface area contributed by atoms with Crippen LogP contribution in [0.3, 0.4) is 0 Å². The Labute approximate surface area is 159 Å².